The summed E-state index contributed by atoms with van der Waals surface area (Å²) in [5, 5.41) is 3.10. The normalized spacial score (nSPS) is 12.4. The van der Waals surface area contributed by atoms with E-state index in [-0.39, 0.29) is 23.8 Å². The van der Waals surface area contributed by atoms with E-state index in [1.54, 1.807) is 13.0 Å². The summed E-state index contributed by atoms with van der Waals surface area (Å²) in [6.07, 6.45) is 0. The van der Waals surface area contributed by atoms with Crippen molar-refractivity contribution in [2.75, 3.05) is 12.4 Å². The maximum Gasteiger partial charge on any atom is 0.245 e. The topological polar surface area (TPSA) is 41.6 Å². The van der Waals surface area contributed by atoms with Crippen LogP contribution in [0.15, 0.2) is 18.2 Å². The standard InChI is InChI=1S/C16H25FN2O2/c1-10(2)19(11(3)4)16(20)12(5)18-14-8-7-13(17)9-15(14)21-6/h7-12,18H,1-6H3. The predicted octanol–water partition coefficient (Wildman–Crippen LogP) is 3.28. The first kappa shape index (κ1) is 17.3. The Kier molecular flexibility index (Phi) is 6.00. The maximum absolute atomic E-state index is 13.2. The van der Waals surface area contributed by atoms with E-state index in [1.807, 2.05) is 32.6 Å². The third-order valence-electron chi connectivity index (χ3n) is 3.27. The van der Waals surface area contributed by atoms with Crippen molar-refractivity contribution in [1.29, 1.82) is 0 Å². The molecule has 1 rings (SSSR count). The molecule has 0 aromatic heterocycles. The number of methoxy groups -OCH3 is 1. The lowest BCUT2D eigenvalue weighted by atomic mass is 10.1. The summed E-state index contributed by atoms with van der Waals surface area (Å²) in [7, 11) is 1.47. The third kappa shape index (κ3) is 4.34. The van der Waals surface area contributed by atoms with Gasteiger partial charge in [0.05, 0.1) is 12.8 Å². The summed E-state index contributed by atoms with van der Waals surface area (Å²) < 4.78 is 18.3. The maximum atomic E-state index is 13.2. The van der Waals surface area contributed by atoms with Gasteiger partial charge in [-0.15, -0.1) is 0 Å². The Morgan fingerprint density at radius 3 is 2.24 bits per heavy atom. The van der Waals surface area contributed by atoms with Crippen molar-refractivity contribution < 1.29 is 13.9 Å². The number of carbonyl (C=O) groups is 1. The van der Waals surface area contributed by atoms with E-state index >= 15 is 0 Å². The third-order valence-corrected chi connectivity index (χ3v) is 3.27. The van der Waals surface area contributed by atoms with Gasteiger partial charge in [0.15, 0.2) is 0 Å². The van der Waals surface area contributed by atoms with Gasteiger partial charge in [0.1, 0.15) is 17.6 Å². The Hall–Kier alpha value is -1.78. The molecule has 0 heterocycles. The van der Waals surface area contributed by atoms with Gasteiger partial charge in [-0.2, -0.15) is 0 Å². The average molecular weight is 296 g/mol. The lowest BCUT2D eigenvalue weighted by Crippen LogP contribution is -2.48. The minimum atomic E-state index is -0.422. The van der Waals surface area contributed by atoms with Crippen LogP contribution in [0.2, 0.25) is 0 Å². The molecule has 0 aliphatic heterocycles. The Labute approximate surface area is 126 Å². The minimum Gasteiger partial charge on any atom is -0.494 e. The fourth-order valence-electron chi connectivity index (χ4n) is 2.41. The van der Waals surface area contributed by atoms with Crippen molar-refractivity contribution in [3.05, 3.63) is 24.0 Å². The van der Waals surface area contributed by atoms with Crippen LogP contribution >= 0.6 is 0 Å². The lowest BCUT2D eigenvalue weighted by molar-refractivity contribution is -0.135. The molecular weight excluding hydrogens is 271 g/mol. The van der Waals surface area contributed by atoms with Crippen LogP contribution in [0.4, 0.5) is 10.1 Å². The number of rotatable bonds is 6. The minimum absolute atomic E-state index is 0.00591. The van der Waals surface area contributed by atoms with Gasteiger partial charge in [0.2, 0.25) is 5.91 Å². The molecule has 118 valence electrons. The Balaban J connectivity index is 2.90. The van der Waals surface area contributed by atoms with Gasteiger partial charge >= 0.3 is 0 Å². The van der Waals surface area contributed by atoms with Gasteiger partial charge in [-0.05, 0) is 46.8 Å². The van der Waals surface area contributed by atoms with E-state index in [9.17, 15) is 9.18 Å². The zero-order valence-corrected chi connectivity index (χ0v) is 13.6. The van der Waals surface area contributed by atoms with Gasteiger partial charge in [-0.25, -0.2) is 4.39 Å². The number of hydrogen-bond donors (Lipinski definition) is 1. The zero-order chi connectivity index (χ0) is 16.2. The summed E-state index contributed by atoms with van der Waals surface area (Å²) in [5.74, 6) is 0.0176. The molecule has 5 heteroatoms. The van der Waals surface area contributed by atoms with E-state index in [0.29, 0.717) is 11.4 Å². The van der Waals surface area contributed by atoms with Crippen LogP contribution in [-0.2, 0) is 4.79 Å². The van der Waals surface area contributed by atoms with Crippen molar-refractivity contribution in [3.63, 3.8) is 0 Å². The van der Waals surface area contributed by atoms with Crippen molar-refractivity contribution in [3.8, 4) is 5.75 Å². The number of nitrogens with zero attached hydrogens (tertiary/aromatic N) is 1. The van der Waals surface area contributed by atoms with Crippen molar-refractivity contribution in [2.45, 2.75) is 52.7 Å². The number of anilines is 1. The van der Waals surface area contributed by atoms with Crippen molar-refractivity contribution >= 4 is 11.6 Å². The molecule has 0 saturated heterocycles. The SMILES string of the molecule is COc1cc(F)ccc1NC(C)C(=O)N(C(C)C)C(C)C. The monoisotopic (exact) mass is 296 g/mol. The van der Waals surface area contributed by atoms with Gasteiger partial charge in [0, 0.05) is 18.2 Å². The quantitative estimate of drug-likeness (QED) is 0.876. The fourth-order valence-corrected chi connectivity index (χ4v) is 2.41. The summed E-state index contributed by atoms with van der Waals surface area (Å²) in [6.45, 7) is 9.75. The number of benzene rings is 1. The highest BCUT2D eigenvalue weighted by molar-refractivity contribution is 5.85. The molecule has 1 unspecified atom stereocenters. The van der Waals surface area contributed by atoms with Crippen LogP contribution in [0.5, 0.6) is 5.75 Å². The summed E-state index contributed by atoms with van der Waals surface area (Å²) in [4.78, 5) is 14.4. The van der Waals surface area contributed by atoms with Gasteiger partial charge in [-0.3, -0.25) is 4.79 Å². The van der Waals surface area contributed by atoms with E-state index in [4.69, 9.17) is 4.74 Å². The Morgan fingerprint density at radius 2 is 1.76 bits per heavy atom. The van der Waals surface area contributed by atoms with Crippen LogP contribution < -0.4 is 10.1 Å². The molecule has 0 aliphatic rings. The first-order valence-corrected chi connectivity index (χ1v) is 7.20. The Bertz CT molecular complexity index is 481. The molecule has 1 aromatic carbocycles. The molecule has 0 aliphatic carbocycles. The van der Waals surface area contributed by atoms with E-state index in [2.05, 4.69) is 5.32 Å². The molecule has 1 atom stereocenters. The number of hydrogen-bond acceptors (Lipinski definition) is 3. The van der Waals surface area contributed by atoms with Gasteiger partial charge in [-0.1, -0.05) is 0 Å². The molecule has 0 radical (unpaired) electrons. The largest absolute Gasteiger partial charge is 0.494 e. The van der Waals surface area contributed by atoms with E-state index in [1.165, 1.54) is 19.2 Å². The number of nitrogens with one attached hydrogen (secondary N) is 1. The fraction of sp³-hybridized carbons (Fsp3) is 0.562. The van der Waals surface area contributed by atoms with Crippen molar-refractivity contribution in [1.82, 2.24) is 4.90 Å². The molecule has 1 N–H and O–H groups in total. The highest BCUT2D eigenvalue weighted by Gasteiger charge is 2.25. The average Bonchev–Trinajstić information content (AvgIpc) is 2.39. The van der Waals surface area contributed by atoms with Crippen LogP contribution in [0.1, 0.15) is 34.6 Å². The Morgan fingerprint density at radius 1 is 1.19 bits per heavy atom. The van der Waals surface area contributed by atoms with E-state index in [0.717, 1.165) is 0 Å². The molecule has 21 heavy (non-hydrogen) atoms. The molecule has 1 aromatic rings. The smallest absolute Gasteiger partial charge is 0.245 e. The van der Waals surface area contributed by atoms with Crippen LogP contribution in [-0.4, -0.2) is 36.0 Å². The highest BCUT2D eigenvalue weighted by atomic mass is 19.1. The molecule has 1 amide bonds. The number of ether oxygens (including phenoxy) is 1. The second-order valence-corrected chi connectivity index (χ2v) is 5.64. The predicted molar refractivity (Wildman–Crippen MR) is 83.2 cm³/mol. The van der Waals surface area contributed by atoms with E-state index < -0.39 is 6.04 Å². The first-order valence-electron chi connectivity index (χ1n) is 7.20. The summed E-state index contributed by atoms with van der Waals surface area (Å²) in [5.41, 5.74) is 0.604. The van der Waals surface area contributed by atoms with Crippen LogP contribution in [0, 0.1) is 5.82 Å². The van der Waals surface area contributed by atoms with Gasteiger partial charge in [0.25, 0.3) is 0 Å². The van der Waals surface area contributed by atoms with Crippen LogP contribution in [0.25, 0.3) is 0 Å². The van der Waals surface area contributed by atoms with Gasteiger partial charge < -0.3 is 15.0 Å². The van der Waals surface area contributed by atoms with Crippen molar-refractivity contribution in [2.24, 2.45) is 0 Å². The number of halogens is 1. The zero-order valence-electron chi connectivity index (χ0n) is 13.6. The molecular formula is C16H25FN2O2. The second-order valence-electron chi connectivity index (χ2n) is 5.64. The number of carbonyl (C=O) groups excluding carboxylic acids is 1. The molecule has 0 saturated carbocycles. The van der Waals surface area contributed by atoms with Crippen LogP contribution in [0.3, 0.4) is 0 Å². The molecule has 4 nitrogen and oxygen atoms in total. The highest BCUT2D eigenvalue weighted by Crippen LogP contribution is 2.26. The first-order chi connectivity index (χ1) is 9.77. The lowest BCUT2D eigenvalue weighted by Gasteiger charge is -2.33. The second kappa shape index (κ2) is 7.29. The molecule has 0 fully saturated rings. The number of amides is 1. The molecule has 0 bridgehead atoms. The summed E-state index contributed by atoms with van der Waals surface area (Å²) in [6, 6.07) is 4.03. The molecule has 0 spiro atoms. The summed E-state index contributed by atoms with van der Waals surface area (Å²) >= 11 is 0.